The first-order valence-corrected chi connectivity index (χ1v) is 5.47. The van der Waals surface area contributed by atoms with Gasteiger partial charge in [-0.15, -0.1) is 0 Å². The lowest BCUT2D eigenvalue weighted by atomic mass is 10.0. The summed E-state index contributed by atoms with van der Waals surface area (Å²) >= 11 is 0. The van der Waals surface area contributed by atoms with Crippen LogP contribution in [-0.4, -0.2) is 34.6 Å². The van der Waals surface area contributed by atoms with Crippen LogP contribution in [0, 0.1) is 13.8 Å². The van der Waals surface area contributed by atoms with Crippen molar-refractivity contribution >= 4 is 5.78 Å². The molecule has 2 saturated heterocycles. The third-order valence-corrected chi connectivity index (χ3v) is 3.17. The van der Waals surface area contributed by atoms with Gasteiger partial charge in [0, 0.05) is 12.1 Å². The van der Waals surface area contributed by atoms with Crippen molar-refractivity contribution in [2.75, 3.05) is 6.61 Å². The van der Waals surface area contributed by atoms with Crippen LogP contribution in [0.1, 0.15) is 23.9 Å². The summed E-state index contributed by atoms with van der Waals surface area (Å²) in [6.45, 7) is 4.43. The Hall–Kier alpha value is -1.20. The van der Waals surface area contributed by atoms with Crippen molar-refractivity contribution < 1.29 is 14.3 Å². The number of aryl methyl sites for hydroxylation is 2. The Morgan fingerprint density at radius 1 is 1.50 bits per heavy atom. The maximum atomic E-state index is 11.7. The molecule has 1 unspecified atom stereocenters. The molecule has 1 aromatic heterocycles. The van der Waals surface area contributed by atoms with Crippen LogP contribution in [0.5, 0.6) is 0 Å². The zero-order valence-electron chi connectivity index (χ0n) is 9.34. The molecule has 0 aromatic carbocycles. The number of ether oxygens (including phenoxy) is 2. The summed E-state index contributed by atoms with van der Waals surface area (Å²) in [5.41, 5.74) is 2.02. The Morgan fingerprint density at radius 2 is 2.31 bits per heavy atom. The number of ketones is 1. The lowest BCUT2D eigenvalue weighted by Crippen LogP contribution is -2.37. The number of nitrogens with zero attached hydrogens (tertiary/aromatic N) is 2. The van der Waals surface area contributed by atoms with Crippen LogP contribution in [0.4, 0.5) is 0 Å². The van der Waals surface area contributed by atoms with Gasteiger partial charge in [0.2, 0.25) is 6.29 Å². The molecule has 2 fully saturated rings. The second-order valence-corrected chi connectivity index (χ2v) is 4.45. The van der Waals surface area contributed by atoms with Crippen LogP contribution in [0.15, 0.2) is 6.07 Å². The average Bonchev–Trinajstić information content (AvgIpc) is 2.78. The zero-order valence-corrected chi connectivity index (χ0v) is 9.34. The molecule has 0 radical (unpaired) electrons. The molecule has 1 aromatic rings. The number of hydrogen-bond acceptors (Lipinski definition) is 4. The first-order chi connectivity index (χ1) is 7.65. The lowest BCUT2D eigenvalue weighted by Gasteiger charge is -2.27. The van der Waals surface area contributed by atoms with E-state index in [1.54, 1.807) is 0 Å². The number of aromatic nitrogens is 2. The summed E-state index contributed by atoms with van der Waals surface area (Å²) in [6.07, 6.45) is -0.212. The van der Waals surface area contributed by atoms with Gasteiger partial charge in [0.1, 0.15) is 6.10 Å². The normalized spacial score (nSPS) is 33.4. The van der Waals surface area contributed by atoms with Gasteiger partial charge in [0.05, 0.1) is 18.3 Å². The van der Waals surface area contributed by atoms with E-state index in [9.17, 15) is 4.79 Å². The molecule has 2 aliphatic rings. The molecule has 3 atom stereocenters. The average molecular weight is 222 g/mol. The highest BCUT2D eigenvalue weighted by Gasteiger charge is 2.44. The van der Waals surface area contributed by atoms with E-state index >= 15 is 0 Å². The molecule has 5 nitrogen and oxygen atoms in total. The fourth-order valence-electron chi connectivity index (χ4n) is 2.45. The van der Waals surface area contributed by atoms with Crippen molar-refractivity contribution in [1.29, 1.82) is 0 Å². The summed E-state index contributed by atoms with van der Waals surface area (Å²) in [6, 6.07) is 1.99. The van der Waals surface area contributed by atoms with Crippen LogP contribution in [0.25, 0.3) is 0 Å². The summed E-state index contributed by atoms with van der Waals surface area (Å²) in [5.74, 6) is 0.0197. The molecule has 5 heteroatoms. The fraction of sp³-hybridized carbons (Fsp3) is 0.636. The van der Waals surface area contributed by atoms with E-state index in [4.69, 9.17) is 9.47 Å². The predicted octanol–water partition coefficient (Wildman–Crippen LogP) is 0.755. The highest BCUT2D eigenvalue weighted by molar-refractivity contribution is 5.83. The standard InChI is InChI=1S/C11H14N2O3/c1-6-3-7(2)13(12-6)8-4-9(14)11-15-5-10(8)16-11/h3,8,10-11H,4-5H2,1-2H3/t8-,10?,11+/m1/s1. The number of fused-ring (bicyclic) bond motifs is 2. The molecule has 0 spiro atoms. The number of rotatable bonds is 1. The van der Waals surface area contributed by atoms with Gasteiger partial charge in [-0.25, -0.2) is 0 Å². The third-order valence-electron chi connectivity index (χ3n) is 3.17. The number of Topliss-reactive ketones (excluding diaryl/α,β-unsaturated/α-hetero) is 1. The number of hydrogen-bond donors (Lipinski definition) is 0. The molecule has 0 saturated carbocycles. The van der Waals surface area contributed by atoms with Crippen LogP contribution in [0.2, 0.25) is 0 Å². The van der Waals surface area contributed by atoms with Crippen molar-refractivity contribution in [3.05, 3.63) is 17.5 Å². The molecule has 2 aliphatic heterocycles. The molecule has 16 heavy (non-hydrogen) atoms. The fourth-order valence-corrected chi connectivity index (χ4v) is 2.45. The molecule has 0 N–H and O–H groups in total. The van der Waals surface area contributed by atoms with Gasteiger partial charge < -0.3 is 9.47 Å². The van der Waals surface area contributed by atoms with Gasteiger partial charge in [-0.05, 0) is 19.9 Å². The number of carbonyl (C=O) groups is 1. The topological polar surface area (TPSA) is 53.4 Å². The maximum Gasteiger partial charge on any atom is 0.218 e. The monoisotopic (exact) mass is 222 g/mol. The van der Waals surface area contributed by atoms with Gasteiger partial charge in [-0.2, -0.15) is 5.10 Å². The molecular formula is C11H14N2O3. The van der Waals surface area contributed by atoms with E-state index in [-0.39, 0.29) is 17.9 Å². The van der Waals surface area contributed by atoms with Crippen molar-refractivity contribution in [3.63, 3.8) is 0 Å². The van der Waals surface area contributed by atoms with Crippen LogP contribution in [-0.2, 0) is 14.3 Å². The van der Waals surface area contributed by atoms with Gasteiger partial charge >= 0.3 is 0 Å². The van der Waals surface area contributed by atoms with E-state index in [2.05, 4.69) is 5.10 Å². The molecule has 3 heterocycles. The zero-order chi connectivity index (χ0) is 11.3. The predicted molar refractivity (Wildman–Crippen MR) is 55.0 cm³/mol. The van der Waals surface area contributed by atoms with Gasteiger partial charge in [0.15, 0.2) is 5.78 Å². The minimum absolute atomic E-state index is 0.0139. The van der Waals surface area contributed by atoms with E-state index in [1.807, 2.05) is 24.6 Å². The minimum atomic E-state index is -0.627. The third kappa shape index (κ3) is 1.39. The molecular weight excluding hydrogens is 208 g/mol. The highest BCUT2D eigenvalue weighted by Crippen LogP contribution is 2.33. The van der Waals surface area contributed by atoms with Crippen LogP contribution < -0.4 is 0 Å². The number of carbonyl (C=O) groups excluding carboxylic acids is 1. The second kappa shape index (κ2) is 3.40. The van der Waals surface area contributed by atoms with Gasteiger partial charge in [-0.1, -0.05) is 0 Å². The van der Waals surface area contributed by atoms with Crippen LogP contribution >= 0.6 is 0 Å². The Morgan fingerprint density at radius 3 is 3.00 bits per heavy atom. The highest BCUT2D eigenvalue weighted by atomic mass is 16.7. The van der Waals surface area contributed by atoms with Crippen molar-refractivity contribution in [3.8, 4) is 0 Å². The van der Waals surface area contributed by atoms with Crippen LogP contribution in [0.3, 0.4) is 0 Å². The van der Waals surface area contributed by atoms with E-state index in [0.29, 0.717) is 13.0 Å². The van der Waals surface area contributed by atoms with Crippen molar-refractivity contribution in [2.45, 2.75) is 38.7 Å². The molecule has 2 bridgehead atoms. The Balaban J connectivity index is 1.95. The second-order valence-electron chi connectivity index (χ2n) is 4.45. The van der Waals surface area contributed by atoms with E-state index < -0.39 is 6.29 Å². The smallest absolute Gasteiger partial charge is 0.218 e. The van der Waals surface area contributed by atoms with Crippen molar-refractivity contribution in [2.24, 2.45) is 0 Å². The SMILES string of the molecule is Cc1cc(C)n([C@@H]2CC(=O)[C@H]3OCC2O3)n1. The molecule has 0 aliphatic carbocycles. The summed E-state index contributed by atoms with van der Waals surface area (Å²) < 4.78 is 12.7. The van der Waals surface area contributed by atoms with E-state index in [0.717, 1.165) is 11.4 Å². The summed E-state index contributed by atoms with van der Waals surface area (Å²) in [7, 11) is 0. The maximum absolute atomic E-state index is 11.7. The first kappa shape index (κ1) is 9.99. The van der Waals surface area contributed by atoms with E-state index in [1.165, 1.54) is 0 Å². The van der Waals surface area contributed by atoms with Gasteiger partial charge in [0.25, 0.3) is 0 Å². The first-order valence-electron chi connectivity index (χ1n) is 5.47. The lowest BCUT2D eigenvalue weighted by molar-refractivity contribution is -0.156. The summed E-state index contributed by atoms with van der Waals surface area (Å²) in [5, 5.41) is 4.41. The van der Waals surface area contributed by atoms with Crippen molar-refractivity contribution in [1.82, 2.24) is 9.78 Å². The minimum Gasteiger partial charge on any atom is -0.343 e. The Labute approximate surface area is 93.3 Å². The summed E-state index contributed by atoms with van der Waals surface area (Å²) in [4.78, 5) is 11.7. The Bertz CT molecular complexity index is 440. The molecule has 0 amide bonds. The Kier molecular flexibility index (Phi) is 2.12. The van der Waals surface area contributed by atoms with Gasteiger partial charge in [-0.3, -0.25) is 9.48 Å². The molecule has 86 valence electrons. The quantitative estimate of drug-likeness (QED) is 0.703. The largest absolute Gasteiger partial charge is 0.343 e. The molecule has 3 rings (SSSR count).